The Morgan fingerprint density at radius 3 is 2.75 bits per heavy atom. The first-order chi connectivity index (χ1) is 13.5. The summed E-state index contributed by atoms with van der Waals surface area (Å²) in [6, 6.07) is 11.9. The summed E-state index contributed by atoms with van der Waals surface area (Å²) < 4.78 is 6.99. The van der Waals surface area contributed by atoms with Crippen molar-refractivity contribution in [3.8, 4) is 11.4 Å². The van der Waals surface area contributed by atoms with Gasteiger partial charge in [0.1, 0.15) is 30.7 Å². The molecule has 1 heterocycles. The number of carbonyl (C=O) groups is 1. The highest BCUT2D eigenvalue weighted by molar-refractivity contribution is 5.95. The van der Waals surface area contributed by atoms with E-state index in [2.05, 4.69) is 10.1 Å². The van der Waals surface area contributed by atoms with Crippen molar-refractivity contribution in [1.29, 1.82) is 0 Å². The van der Waals surface area contributed by atoms with Crippen LogP contribution in [-0.2, 0) is 0 Å². The van der Waals surface area contributed by atoms with Crippen molar-refractivity contribution < 1.29 is 14.5 Å². The summed E-state index contributed by atoms with van der Waals surface area (Å²) in [6.07, 6.45) is 2.64. The highest BCUT2D eigenvalue weighted by Gasteiger charge is 2.21. The zero-order chi connectivity index (χ0) is 20.1. The molecule has 0 saturated heterocycles. The molecule has 144 valence electrons. The average molecular weight is 381 g/mol. The van der Waals surface area contributed by atoms with E-state index in [-0.39, 0.29) is 22.8 Å². The Morgan fingerprint density at radius 1 is 1.29 bits per heavy atom. The lowest BCUT2D eigenvalue weighted by molar-refractivity contribution is -0.384. The van der Waals surface area contributed by atoms with Crippen LogP contribution >= 0.6 is 0 Å². The lowest BCUT2D eigenvalue weighted by Crippen LogP contribution is -2.31. The molecule has 9 heteroatoms. The quantitative estimate of drug-likeness (QED) is 0.460. The van der Waals surface area contributed by atoms with Crippen LogP contribution in [0.25, 0.3) is 5.69 Å². The number of hydrogen-bond donors (Lipinski definition) is 0. The normalized spacial score (nSPS) is 10.5. The molecule has 28 heavy (non-hydrogen) atoms. The minimum Gasteiger partial charge on any atom is -0.491 e. The Bertz CT molecular complexity index is 988. The number of nitrogens with zero attached hydrogens (tertiary/aromatic N) is 5. The number of nitro groups is 1. The third-order valence-electron chi connectivity index (χ3n) is 4.21. The summed E-state index contributed by atoms with van der Waals surface area (Å²) in [7, 11) is 1.63. The van der Waals surface area contributed by atoms with Gasteiger partial charge in [0.2, 0.25) is 0 Å². The topological polar surface area (TPSA) is 103 Å². The molecular formula is C19H19N5O4. The van der Waals surface area contributed by atoms with Crippen LogP contribution in [0.1, 0.15) is 15.9 Å². The molecule has 1 amide bonds. The largest absolute Gasteiger partial charge is 0.491 e. The average Bonchev–Trinajstić information content (AvgIpc) is 3.23. The van der Waals surface area contributed by atoms with E-state index in [1.54, 1.807) is 7.05 Å². The lowest BCUT2D eigenvalue weighted by Gasteiger charge is -2.18. The monoisotopic (exact) mass is 381 g/mol. The fraction of sp³-hybridized carbons (Fsp3) is 0.211. The minimum atomic E-state index is -0.547. The number of nitro benzene ring substituents is 1. The Hall–Kier alpha value is -3.75. The van der Waals surface area contributed by atoms with Crippen LogP contribution in [0.5, 0.6) is 5.75 Å². The van der Waals surface area contributed by atoms with Gasteiger partial charge in [0.05, 0.1) is 11.5 Å². The molecule has 0 bridgehead atoms. The van der Waals surface area contributed by atoms with Crippen LogP contribution in [0.4, 0.5) is 5.69 Å². The Kier molecular flexibility index (Phi) is 5.64. The first-order valence-electron chi connectivity index (χ1n) is 8.54. The first-order valence-corrected chi connectivity index (χ1v) is 8.54. The molecule has 0 unspecified atom stereocenters. The predicted octanol–water partition coefficient (Wildman–Crippen LogP) is 2.63. The summed E-state index contributed by atoms with van der Waals surface area (Å²) in [5.41, 5.74) is 1.25. The van der Waals surface area contributed by atoms with Crippen molar-refractivity contribution >= 4 is 11.6 Å². The van der Waals surface area contributed by atoms with Gasteiger partial charge in [-0.1, -0.05) is 18.2 Å². The molecule has 0 radical (unpaired) electrons. The van der Waals surface area contributed by atoms with Crippen LogP contribution in [0.2, 0.25) is 0 Å². The molecule has 0 atom stereocenters. The van der Waals surface area contributed by atoms with Gasteiger partial charge in [-0.2, -0.15) is 5.10 Å². The number of amides is 1. The van der Waals surface area contributed by atoms with Crippen molar-refractivity contribution in [2.75, 3.05) is 20.2 Å². The standard InChI is InChI=1S/C19H19N5O4/c1-14-5-3-4-6-18(14)28-10-9-22(2)19(25)15-7-8-16(17(11-15)24(26)27)23-13-20-12-21-23/h3-8,11-13H,9-10H2,1-2H3. The van der Waals surface area contributed by atoms with Gasteiger partial charge >= 0.3 is 0 Å². The second-order valence-electron chi connectivity index (χ2n) is 6.14. The number of para-hydroxylation sites is 1. The van der Waals surface area contributed by atoms with Gasteiger partial charge in [0.25, 0.3) is 11.6 Å². The summed E-state index contributed by atoms with van der Waals surface area (Å²) in [4.78, 5) is 28.8. The van der Waals surface area contributed by atoms with Gasteiger partial charge in [-0.05, 0) is 30.7 Å². The van der Waals surface area contributed by atoms with E-state index in [1.165, 1.54) is 40.4 Å². The van der Waals surface area contributed by atoms with E-state index >= 15 is 0 Å². The molecule has 0 saturated carbocycles. The van der Waals surface area contributed by atoms with Crippen LogP contribution in [0, 0.1) is 17.0 Å². The Morgan fingerprint density at radius 2 is 2.07 bits per heavy atom. The second-order valence-corrected chi connectivity index (χ2v) is 6.14. The zero-order valence-electron chi connectivity index (χ0n) is 15.5. The second kappa shape index (κ2) is 8.30. The van der Waals surface area contributed by atoms with Crippen molar-refractivity contribution in [1.82, 2.24) is 19.7 Å². The molecule has 1 aromatic heterocycles. The molecular weight excluding hydrogens is 362 g/mol. The third-order valence-corrected chi connectivity index (χ3v) is 4.21. The number of aromatic nitrogens is 3. The van der Waals surface area contributed by atoms with Gasteiger partial charge in [-0.25, -0.2) is 9.67 Å². The predicted molar refractivity (Wildman–Crippen MR) is 102 cm³/mol. The minimum absolute atomic E-state index is 0.217. The molecule has 0 aliphatic heterocycles. The highest BCUT2D eigenvalue weighted by atomic mass is 16.6. The zero-order valence-corrected chi connectivity index (χ0v) is 15.5. The number of aryl methyl sites for hydroxylation is 1. The fourth-order valence-electron chi connectivity index (χ4n) is 2.66. The highest BCUT2D eigenvalue weighted by Crippen LogP contribution is 2.24. The van der Waals surface area contributed by atoms with Crippen LogP contribution in [-0.4, -0.2) is 50.7 Å². The van der Waals surface area contributed by atoms with Gasteiger partial charge in [0.15, 0.2) is 0 Å². The number of rotatable bonds is 7. The summed E-state index contributed by atoms with van der Waals surface area (Å²) in [6.45, 7) is 2.60. The maximum absolute atomic E-state index is 12.6. The molecule has 0 aliphatic rings. The molecule has 0 N–H and O–H groups in total. The van der Waals surface area contributed by atoms with Crippen LogP contribution in [0.3, 0.4) is 0 Å². The molecule has 0 fully saturated rings. The SMILES string of the molecule is Cc1ccccc1OCCN(C)C(=O)c1ccc(-n2cncn2)c([N+](=O)[O-])c1. The van der Waals surface area contributed by atoms with Gasteiger partial charge < -0.3 is 9.64 Å². The number of ether oxygens (including phenoxy) is 1. The fourth-order valence-corrected chi connectivity index (χ4v) is 2.66. The third kappa shape index (κ3) is 4.14. The summed E-state index contributed by atoms with van der Waals surface area (Å²) in [5, 5.41) is 15.3. The van der Waals surface area contributed by atoms with Gasteiger partial charge in [-0.15, -0.1) is 0 Å². The van der Waals surface area contributed by atoms with Gasteiger partial charge in [0, 0.05) is 18.7 Å². The summed E-state index contributed by atoms with van der Waals surface area (Å²) in [5.74, 6) is 0.429. The number of carbonyl (C=O) groups excluding carboxylic acids is 1. The smallest absolute Gasteiger partial charge is 0.295 e. The van der Waals surface area contributed by atoms with Crippen molar-refractivity contribution in [2.24, 2.45) is 0 Å². The molecule has 0 spiro atoms. The molecule has 9 nitrogen and oxygen atoms in total. The van der Waals surface area contributed by atoms with E-state index in [1.807, 2.05) is 31.2 Å². The van der Waals surface area contributed by atoms with E-state index in [0.717, 1.165) is 11.3 Å². The maximum Gasteiger partial charge on any atom is 0.295 e. The molecule has 2 aromatic carbocycles. The lowest BCUT2D eigenvalue weighted by atomic mass is 10.1. The van der Waals surface area contributed by atoms with Crippen molar-refractivity contribution in [3.05, 3.63) is 76.4 Å². The van der Waals surface area contributed by atoms with E-state index in [4.69, 9.17) is 4.74 Å². The number of likely N-dealkylation sites (N-methyl/N-ethyl adjacent to an activating group) is 1. The van der Waals surface area contributed by atoms with E-state index in [0.29, 0.717) is 13.2 Å². The number of benzene rings is 2. The first kappa shape index (κ1) is 19.0. The number of hydrogen-bond acceptors (Lipinski definition) is 6. The van der Waals surface area contributed by atoms with Gasteiger partial charge in [-0.3, -0.25) is 14.9 Å². The summed E-state index contributed by atoms with van der Waals surface area (Å²) >= 11 is 0. The van der Waals surface area contributed by atoms with E-state index in [9.17, 15) is 14.9 Å². The molecule has 3 aromatic rings. The van der Waals surface area contributed by atoms with Crippen LogP contribution < -0.4 is 4.74 Å². The molecule has 3 rings (SSSR count). The molecule has 0 aliphatic carbocycles. The Labute approximate surface area is 161 Å². The van der Waals surface area contributed by atoms with Crippen molar-refractivity contribution in [3.63, 3.8) is 0 Å². The maximum atomic E-state index is 12.6. The van der Waals surface area contributed by atoms with E-state index < -0.39 is 4.92 Å². The van der Waals surface area contributed by atoms with Crippen LogP contribution in [0.15, 0.2) is 55.1 Å². The Balaban J connectivity index is 1.70. The van der Waals surface area contributed by atoms with Crippen molar-refractivity contribution in [2.45, 2.75) is 6.92 Å².